The summed E-state index contributed by atoms with van der Waals surface area (Å²) in [6, 6.07) is 6.34. The number of carbonyl (C=O) groups excluding carboxylic acids is 1. The Bertz CT molecular complexity index is 626. The molecule has 0 bridgehead atoms. The second-order valence-corrected chi connectivity index (χ2v) is 8.11. The summed E-state index contributed by atoms with van der Waals surface area (Å²) in [7, 11) is 5.93. The van der Waals surface area contributed by atoms with E-state index in [-0.39, 0.29) is 17.6 Å². The highest BCUT2D eigenvalue weighted by Crippen LogP contribution is 2.34. The van der Waals surface area contributed by atoms with Crippen LogP contribution in [0.4, 0.5) is 4.79 Å². The van der Waals surface area contributed by atoms with Gasteiger partial charge in [-0.25, -0.2) is 4.79 Å². The first-order valence-electron chi connectivity index (χ1n) is 9.79. The van der Waals surface area contributed by atoms with E-state index in [0.29, 0.717) is 12.6 Å². The number of amides is 2. The molecule has 26 heavy (non-hydrogen) atoms. The smallest absolute Gasteiger partial charge is 0.318 e. The van der Waals surface area contributed by atoms with Crippen LogP contribution >= 0.6 is 0 Å². The molecule has 4 heterocycles. The molecule has 7 heteroatoms. The van der Waals surface area contributed by atoms with Crippen molar-refractivity contribution in [2.24, 2.45) is 0 Å². The molecule has 1 aromatic heterocycles. The molecule has 0 saturated carbocycles. The lowest BCUT2D eigenvalue weighted by atomic mass is 9.84. The zero-order valence-corrected chi connectivity index (χ0v) is 15.6. The second kappa shape index (κ2) is 7.20. The van der Waals surface area contributed by atoms with Gasteiger partial charge in [0.25, 0.3) is 0 Å². The Labute approximate surface area is 157 Å². The molecule has 1 aromatic rings. The van der Waals surface area contributed by atoms with Crippen LogP contribution in [0.25, 0.3) is 0 Å². The molecular weight excluding hydrogens is 325 g/mol. The number of aromatic nitrogens is 1. The van der Waals surface area contributed by atoms with Crippen molar-refractivity contribution in [2.45, 2.75) is 50.2 Å². The van der Waals surface area contributed by atoms with Crippen LogP contribution in [-0.4, -0.2) is 77.9 Å². The first-order chi connectivity index (χ1) is 12.6. The van der Waals surface area contributed by atoms with E-state index in [9.17, 15) is 4.79 Å². The van der Waals surface area contributed by atoms with Crippen LogP contribution in [0.3, 0.4) is 0 Å². The molecule has 3 fully saturated rings. The predicted molar refractivity (Wildman–Crippen MR) is 102 cm³/mol. The maximum atomic E-state index is 12.5. The van der Waals surface area contributed by atoms with E-state index in [1.807, 2.05) is 34.1 Å². The van der Waals surface area contributed by atoms with Crippen molar-refractivity contribution in [1.29, 1.82) is 0 Å². The third kappa shape index (κ3) is 3.34. The van der Waals surface area contributed by atoms with E-state index < -0.39 is 0 Å². The quantitative estimate of drug-likeness (QED) is 0.838. The second-order valence-electron chi connectivity index (χ2n) is 8.11. The molecule has 0 aliphatic carbocycles. The van der Waals surface area contributed by atoms with Gasteiger partial charge in [-0.15, -0.1) is 0 Å². The van der Waals surface area contributed by atoms with Crippen LogP contribution in [0, 0.1) is 0 Å². The highest BCUT2D eigenvalue weighted by Gasteiger charge is 2.42. The number of nitrogens with zero attached hydrogens (tertiary/aromatic N) is 4. The van der Waals surface area contributed by atoms with Gasteiger partial charge in [0.2, 0.25) is 0 Å². The van der Waals surface area contributed by atoms with Crippen molar-refractivity contribution in [3.05, 3.63) is 30.1 Å². The van der Waals surface area contributed by atoms with Gasteiger partial charge in [0, 0.05) is 37.4 Å². The molecule has 3 aliphatic rings. The monoisotopic (exact) mass is 353 g/mol. The number of urea groups is 1. The van der Waals surface area contributed by atoms with Gasteiger partial charge in [-0.1, -0.05) is 6.07 Å². The Balaban J connectivity index is 1.41. The molecular formula is C19H28BN5O. The summed E-state index contributed by atoms with van der Waals surface area (Å²) in [6.07, 6.45) is 6.10. The van der Waals surface area contributed by atoms with Gasteiger partial charge >= 0.3 is 6.03 Å². The minimum atomic E-state index is 0.0521. The summed E-state index contributed by atoms with van der Waals surface area (Å²) in [5.74, 6) is 0. The number of piperidine rings is 2. The number of rotatable bonds is 3. The molecule has 3 saturated heterocycles. The summed E-state index contributed by atoms with van der Waals surface area (Å²) in [5.41, 5.74) is 1.23. The summed E-state index contributed by atoms with van der Waals surface area (Å²) < 4.78 is 0. The molecule has 1 atom stereocenters. The van der Waals surface area contributed by atoms with Crippen LogP contribution in [-0.2, 0) is 0 Å². The predicted octanol–water partition coefficient (Wildman–Crippen LogP) is 1.55. The summed E-state index contributed by atoms with van der Waals surface area (Å²) in [5, 5.41) is 3.02. The van der Waals surface area contributed by atoms with Gasteiger partial charge < -0.3 is 15.0 Å². The van der Waals surface area contributed by atoms with Crippen molar-refractivity contribution in [2.75, 3.05) is 32.7 Å². The summed E-state index contributed by atoms with van der Waals surface area (Å²) in [4.78, 5) is 23.6. The van der Waals surface area contributed by atoms with Crippen LogP contribution in [0.5, 0.6) is 0 Å². The average Bonchev–Trinajstić information content (AvgIpc) is 3.07. The van der Waals surface area contributed by atoms with Crippen LogP contribution in [0.15, 0.2) is 24.4 Å². The Morgan fingerprint density at radius 3 is 2.58 bits per heavy atom. The van der Waals surface area contributed by atoms with Crippen LogP contribution in [0.2, 0.25) is 0 Å². The van der Waals surface area contributed by atoms with E-state index in [4.69, 9.17) is 7.98 Å². The molecule has 2 amide bonds. The van der Waals surface area contributed by atoms with Gasteiger partial charge in [0.1, 0.15) is 0 Å². The zero-order valence-electron chi connectivity index (χ0n) is 15.6. The lowest BCUT2D eigenvalue weighted by Gasteiger charge is -2.50. The Morgan fingerprint density at radius 1 is 1.19 bits per heavy atom. The van der Waals surface area contributed by atoms with E-state index >= 15 is 0 Å². The minimum Gasteiger partial charge on any atom is -0.353 e. The minimum absolute atomic E-state index is 0.0521. The SMILES string of the molecule is [B]N1CCC(C)(N2CCC(N3C(=O)NC[C@H]3c3ccccn3)CC2)CC1. The standard InChI is InChI=1S/C19H28BN5O/c1-19(7-12-24(20)13-8-19)23-10-5-15(6-11-23)25-17(14-22-18(25)26)16-4-2-3-9-21-16/h2-4,9,15,17H,5-8,10-14H2,1H3,(H,22,26)/t17-/m0/s1. The highest BCUT2D eigenvalue weighted by molar-refractivity contribution is 6.04. The van der Waals surface area contributed by atoms with Crippen LogP contribution < -0.4 is 5.32 Å². The maximum absolute atomic E-state index is 12.5. The number of carbonyl (C=O) groups is 1. The fourth-order valence-electron chi connectivity index (χ4n) is 4.76. The van der Waals surface area contributed by atoms with E-state index in [1.165, 1.54) is 0 Å². The third-order valence-corrected chi connectivity index (χ3v) is 6.54. The van der Waals surface area contributed by atoms with Crippen molar-refractivity contribution in [1.82, 2.24) is 24.9 Å². The first-order valence-corrected chi connectivity index (χ1v) is 9.79. The number of nitrogens with one attached hydrogen (secondary N) is 1. The number of likely N-dealkylation sites (tertiary alicyclic amines) is 1. The molecule has 1 N–H and O–H groups in total. The molecule has 2 radical (unpaired) electrons. The largest absolute Gasteiger partial charge is 0.353 e. The Kier molecular flexibility index (Phi) is 4.93. The average molecular weight is 353 g/mol. The van der Waals surface area contributed by atoms with Crippen molar-refractivity contribution in [3.8, 4) is 0 Å². The van der Waals surface area contributed by atoms with Gasteiger partial charge in [0.15, 0.2) is 7.98 Å². The van der Waals surface area contributed by atoms with Gasteiger partial charge in [-0.05, 0) is 57.8 Å². The summed E-state index contributed by atoms with van der Waals surface area (Å²) >= 11 is 0. The number of hydrogen-bond donors (Lipinski definition) is 1. The lowest BCUT2D eigenvalue weighted by molar-refractivity contribution is 0.0162. The highest BCUT2D eigenvalue weighted by atomic mass is 16.2. The lowest BCUT2D eigenvalue weighted by Crippen LogP contribution is -2.57. The summed E-state index contributed by atoms with van der Waals surface area (Å²) in [6.45, 7) is 7.05. The normalized spacial score (nSPS) is 28.3. The van der Waals surface area contributed by atoms with Gasteiger partial charge in [0.05, 0.1) is 11.7 Å². The number of pyridine rings is 1. The van der Waals surface area contributed by atoms with Crippen LogP contribution in [0.1, 0.15) is 44.3 Å². The fourth-order valence-corrected chi connectivity index (χ4v) is 4.76. The molecule has 3 aliphatic heterocycles. The Hall–Kier alpha value is -1.60. The molecule has 4 rings (SSSR count). The number of hydrogen-bond acceptors (Lipinski definition) is 4. The molecule has 138 valence electrons. The van der Waals surface area contributed by atoms with Gasteiger partial charge in [-0.3, -0.25) is 9.88 Å². The van der Waals surface area contributed by atoms with Gasteiger partial charge in [-0.2, -0.15) is 0 Å². The van der Waals surface area contributed by atoms with Crippen molar-refractivity contribution in [3.63, 3.8) is 0 Å². The van der Waals surface area contributed by atoms with Crippen molar-refractivity contribution < 1.29 is 4.79 Å². The van der Waals surface area contributed by atoms with E-state index in [0.717, 1.165) is 57.6 Å². The first kappa shape index (κ1) is 17.8. The van der Waals surface area contributed by atoms with Crippen molar-refractivity contribution >= 4 is 14.0 Å². The molecule has 6 nitrogen and oxygen atoms in total. The maximum Gasteiger partial charge on any atom is 0.318 e. The molecule has 0 unspecified atom stereocenters. The zero-order chi connectivity index (χ0) is 18.1. The van der Waals surface area contributed by atoms with E-state index in [2.05, 4.69) is 22.1 Å². The van der Waals surface area contributed by atoms with E-state index in [1.54, 1.807) is 0 Å². The fraction of sp³-hybridized carbons (Fsp3) is 0.684. The third-order valence-electron chi connectivity index (χ3n) is 6.54. The molecule has 0 aromatic carbocycles. The topological polar surface area (TPSA) is 51.7 Å². The molecule has 0 spiro atoms. The Morgan fingerprint density at radius 2 is 1.92 bits per heavy atom.